The lowest BCUT2D eigenvalue weighted by Crippen LogP contribution is -2.65. The minimum absolute atomic E-state index is 0.00678. The van der Waals surface area contributed by atoms with Gasteiger partial charge in [0.05, 0.1) is 39.6 Å². The molecule has 0 bridgehead atoms. The average molecular weight is 773 g/mol. The molecule has 5 heterocycles. The van der Waals surface area contributed by atoms with Crippen LogP contribution in [0.1, 0.15) is 18.1 Å². The number of aliphatic hydroxyl groups excluding tert-OH is 2. The lowest BCUT2D eigenvalue weighted by atomic mass is 9.77. The molecule has 0 saturated carbocycles. The third-order valence-corrected chi connectivity index (χ3v) is 9.53. The summed E-state index contributed by atoms with van der Waals surface area (Å²) in [4.78, 5) is 27.3. The van der Waals surface area contributed by atoms with E-state index in [2.05, 4.69) is 15.3 Å². The number of hydrogen-bond donors (Lipinski definition) is 3. The highest BCUT2D eigenvalue weighted by Crippen LogP contribution is 2.51. The fourth-order valence-electron chi connectivity index (χ4n) is 6.85. The van der Waals surface area contributed by atoms with Crippen LogP contribution >= 0.6 is 0 Å². The van der Waals surface area contributed by atoms with Gasteiger partial charge in [-0.1, -0.05) is 12.1 Å². The summed E-state index contributed by atoms with van der Waals surface area (Å²) in [5.74, 6) is -3.14. The van der Waals surface area contributed by atoms with Crippen LogP contribution in [0, 0.1) is 6.92 Å². The van der Waals surface area contributed by atoms with Crippen molar-refractivity contribution < 1.29 is 51.5 Å². The van der Waals surface area contributed by atoms with Crippen LogP contribution < -0.4 is 24.6 Å². The van der Waals surface area contributed by atoms with E-state index < -0.39 is 29.5 Å². The SMILES string of the molecule is Cc1ccc(NC(=O)N2C=CC=C(c3cc(OCCO)nc(N4CCOCC4)c3)C2(C(F)F)C(C)(F)F)cc1-c1cc(OCCO)nc(N2CCOCC2)c1. The van der Waals surface area contributed by atoms with Crippen molar-refractivity contribution in [1.82, 2.24) is 14.9 Å². The number of hydrogen-bond acceptors (Lipinski definition) is 11. The Bertz CT molecular complexity index is 1880. The van der Waals surface area contributed by atoms with Crippen LogP contribution in [-0.2, 0) is 9.47 Å². The lowest BCUT2D eigenvalue weighted by molar-refractivity contribution is -0.137. The summed E-state index contributed by atoms with van der Waals surface area (Å²) in [7, 11) is 0. The number of anilines is 3. The maximum atomic E-state index is 16.1. The van der Waals surface area contributed by atoms with Gasteiger partial charge in [0.2, 0.25) is 11.8 Å². The van der Waals surface area contributed by atoms with Gasteiger partial charge in [-0.2, -0.15) is 9.97 Å². The van der Waals surface area contributed by atoms with Crippen molar-refractivity contribution >= 4 is 28.9 Å². The molecule has 55 heavy (non-hydrogen) atoms. The van der Waals surface area contributed by atoms with E-state index in [4.69, 9.17) is 18.9 Å². The molecule has 0 radical (unpaired) electrons. The van der Waals surface area contributed by atoms with Crippen molar-refractivity contribution in [3.63, 3.8) is 0 Å². The van der Waals surface area contributed by atoms with Crippen LogP contribution in [0.25, 0.3) is 16.7 Å². The van der Waals surface area contributed by atoms with E-state index in [1.165, 1.54) is 18.2 Å². The molecule has 1 aromatic carbocycles. The standard InChI is InChI=1S/C38H44F4N6O7/c1-25-5-6-28(24-29(25)26-20-31(46-8-14-52-15-9-46)44-33(22-26)54-18-12-49)43-36(51)48-7-3-4-30(38(48,35(39)40)37(2,41)42)27-21-32(47-10-16-53-17-11-47)45-34(23-27)55-19-13-50/h3-7,20-24,35,49-50H,8-19H2,1-2H3,(H,43,51). The molecule has 13 nitrogen and oxygen atoms in total. The number of urea groups is 1. The summed E-state index contributed by atoms with van der Waals surface area (Å²) in [6.45, 7) is 5.13. The highest BCUT2D eigenvalue weighted by Gasteiger charge is 2.65. The number of pyridine rings is 2. The number of aromatic nitrogens is 2. The van der Waals surface area contributed by atoms with E-state index in [0.29, 0.717) is 81.4 Å². The molecule has 3 N–H and O–H groups in total. The van der Waals surface area contributed by atoms with Gasteiger partial charge < -0.3 is 44.3 Å². The number of allylic oxidation sites excluding steroid dienone is 2. The molecule has 2 saturated heterocycles. The van der Waals surface area contributed by atoms with Crippen molar-refractivity contribution in [3.05, 3.63) is 71.9 Å². The van der Waals surface area contributed by atoms with Gasteiger partial charge in [-0.05, 0) is 65.1 Å². The smallest absolute Gasteiger partial charge is 0.327 e. The first-order chi connectivity index (χ1) is 26.5. The van der Waals surface area contributed by atoms with Crippen molar-refractivity contribution in [2.24, 2.45) is 0 Å². The summed E-state index contributed by atoms with van der Waals surface area (Å²) in [6, 6.07) is 9.81. The fourth-order valence-corrected chi connectivity index (χ4v) is 6.85. The minimum Gasteiger partial charge on any atom is -0.475 e. The van der Waals surface area contributed by atoms with E-state index in [-0.39, 0.29) is 55.3 Å². The van der Waals surface area contributed by atoms with Gasteiger partial charge in [0.1, 0.15) is 24.8 Å². The van der Waals surface area contributed by atoms with Crippen molar-refractivity contribution in [2.45, 2.75) is 31.7 Å². The molecule has 17 heteroatoms. The summed E-state index contributed by atoms with van der Waals surface area (Å²) >= 11 is 0. The number of rotatable bonds is 13. The number of aliphatic hydroxyl groups is 2. The highest BCUT2D eigenvalue weighted by molar-refractivity contribution is 5.95. The van der Waals surface area contributed by atoms with Crippen molar-refractivity contribution in [3.8, 4) is 22.9 Å². The van der Waals surface area contributed by atoms with Crippen LogP contribution in [0.2, 0.25) is 0 Å². The van der Waals surface area contributed by atoms with Crippen LogP contribution in [-0.4, -0.2) is 128 Å². The van der Waals surface area contributed by atoms with Crippen LogP contribution in [0.5, 0.6) is 11.8 Å². The number of nitrogens with one attached hydrogen (secondary N) is 1. The number of nitrogens with zero attached hydrogens (tertiary/aromatic N) is 5. The predicted molar refractivity (Wildman–Crippen MR) is 197 cm³/mol. The Balaban J connectivity index is 1.37. The number of alkyl halides is 4. The molecule has 296 valence electrons. The molecular formula is C38H44F4N6O7. The molecule has 6 rings (SSSR count). The monoisotopic (exact) mass is 772 g/mol. The topological polar surface area (TPSA) is 142 Å². The summed E-state index contributed by atoms with van der Waals surface area (Å²) in [5.41, 5.74) is -1.88. The molecule has 2 fully saturated rings. The number of halogens is 4. The third kappa shape index (κ3) is 8.49. The summed E-state index contributed by atoms with van der Waals surface area (Å²) < 4.78 is 85.6. The van der Waals surface area contributed by atoms with E-state index in [9.17, 15) is 15.0 Å². The van der Waals surface area contributed by atoms with Gasteiger partial charge in [0, 0.05) is 57.1 Å². The summed E-state index contributed by atoms with van der Waals surface area (Å²) in [6.07, 6.45) is -0.481. The molecule has 1 unspecified atom stereocenters. The maximum Gasteiger partial charge on any atom is 0.327 e. The summed E-state index contributed by atoms with van der Waals surface area (Å²) in [5, 5.41) is 21.3. The number of carbonyl (C=O) groups is 1. The first-order valence-corrected chi connectivity index (χ1v) is 17.9. The molecule has 2 aromatic heterocycles. The molecular weight excluding hydrogens is 728 g/mol. The van der Waals surface area contributed by atoms with E-state index in [1.54, 1.807) is 29.2 Å². The Hall–Kier alpha value is -4.97. The van der Waals surface area contributed by atoms with E-state index >= 15 is 17.6 Å². The highest BCUT2D eigenvalue weighted by atomic mass is 19.3. The molecule has 3 aliphatic rings. The third-order valence-electron chi connectivity index (χ3n) is 9.53. The first kappa shape index (κ1) is 39.7. The van der Waals surface area contributed by atoms with Gasteiger partial charge in [-0.15, -0.1) is 0 Å². The number of aryl methyl sites for hydroxylation is 1. The number of benzene rings is 1. The number of ether oxygens (including phenoxy) is 4. The zero-order valence-electron chi connectivity index (χ0n) is 30.5. The van der Waals surface area contributed by atoms with Gasteiger partial charge in [0.15, 0.2) is 5.54 Å². The Morgan fingerprint density at radius 3 is 1.96 bits per heavy atom. The first-order valence-electron chi connectivity index (χ1n) is 17.9. The van der Waals surface area contributed by atoms with Gasteiger partial charge in [-0.25, -0.2) is 22.4 Å². The van der Waals surface area contributed by atoms with E-state index in [1.807, 2.05) is 17.9 Å². The Morgan fingerprint density at radius 2 is 1.44 bits per heavy atom. The Morgan fingerprint density at radius 1 is 0.891 bits per heavy atom. The Labute approximate surface area is 315 Å². The molecule has 2 amide bonds. The van der Waals surface area contributed by atoms with Crippen molar-refractivity contribution in [1.29, 1.82) is 0 Å². The van der Waals surface area contributed by atoms with E-state index in [0.717, 1.165) is 17.8 Å². The molecule has 3 aromatic rings. The molecule has 1 atom stereocenters. The fraction of sp³-hybridized carbons (Fsp3) is 0.447. The normalized spacial score (nSPS) is 19.1. The number of morpholine rings is 2. The quantitative estimate of drug-likeness (QED) is 0.203. The molecule has 3 aliphatic heterocycles. The van der Waals surface area contributed by atoms with Crippen LogP contribution in [0.15, 0.2) is 60.8 Å². The second-order valence-electron chi connectivity index (χ2n) is 13.2. The zero-order valence-corrected chi connectivity index (χ0v) is 30.5. The van der Waals surface area contributed by atoms with Crippen LogP contribution in [0.4, 0.5) is 39.7 Å². The van der Waals surface area contributed by atoms with Crippen molar-refractivity contribution in [2.75, 3.05) is 94.2 Å². The molecule has 0 aliphatic carbocycles. The second kappa shape index (κ2) is 17.2. The predicted octanol–water partition coefficient (Wildman–Crippen LogP) is 4.97. The Kier molecular flexibility index (Phi) is 12.4. The maximum absolute atomic E-state index is 16.1. The molecule has 0 spiro atoms. The zero-order chi connectivity index (χ0) is 39.2. The number of carbonyl (C=O) groups excluding carboxylic acids is 1. The minimum atomic E-state index is -4.19. The van der Waals surface area contributed by atoms with Gasteiger partial charge in [0.25, 0.3) is 12.3 Å². The lowest BCUT2D eigenvalue weighted by Gasteiger charge is -2.47. The van der Waals surface area contributed by atoms with Crippen LogP contribution in [0.3, 0.4) is 0 Å². The number of amides is 2. The second-order valence-corrected chi connectivity index (χ2v) is 13.2. The van der Waals surface area contributed by atoms with Gasteiger partial charge in [-0.3, -0.25) is 4.90 Å². The van der Waals surface area contributed by atoms with Gasteiger partial charge >= 0.3 is 6.03 Å². The largest absolute Gasteiger partial charge is 0.475 e. The average Bonchev–Trinajstić information content (AvgIpc) is 3.19.